The van der Waals surface area contributed by atoms with E-state index in [1.165, 1.54) is 6.33 Å². The minimum absolute atomic E-state index is 0.609. The first kappa shape index (κ1) is 13.6. The fourth-order valence-corrected chi connectivity index (χ4v) is 1.33. The molecule has 17 heavy (non-hydrogen) atoms. The van der Waals surface area contributed by atoms with Gasteiger partial charge < -0.3 is 10.1 Å². The van der Waals surface area contributed by atoms with Crippen LogP contribution in [0.4, 0.5) is 0 Å². The smallest absolute Gasteiger partial charge is 0.220 e. The summed E-state index contributed by atoms with van der Waals surface area (Å²) in [6.45, 7) is 10.3. The molecule has 0 saturated heterocycles. The lowest BCUT2D eigenvalue weighted by Gasteiger charge is -2.10. The highest BCUT2D eigenvalue weighted by Gasteiger charge is 2.04. The van der Waals surface area contributed by atoms with Gasteiger partial charge in [-0.15, -0.1) is 6.58 Å². The van der Waals surface area contributed by atoms with Crippen molar-refractivity contribution in [2.24, 2.45) is 5.92 Å². The van der Waals surface area contributed by atoms with E-state index < -0.39 is 0 Å². The second kappa shape index (κ2) is 7.79. The van der Waals surface area contributed by atoms with E-state index >= 15 is 0 Å². The molecule has 0 aliphatic heterocycles. The minimum Gasteiger partial charge on any atom is -0.477 e. The third-order valence-corrected chi connectivity index (χ3v) is 2.18. The Bertz CT molecular complexity index is 339. The van der Waals surface area contributed by atoms with E-state index in [4.69, 9.17) is 4.74 Å². The molecule has 0 aliphatic carbocycles. The predicted octanol–water partition coefficient (Wildman–Crippen LogP) is 2.18. The Labute approximate surface area is 103 Å². The Morgan fingerprint density at radius 1 is 1.53 bits per heavy atom. The number of ether oxygens (including phenoxy) is 1. The van der Waals surface area contributed by atoms with Gasteiger partial charge in [-0.1, -0.05) is 19.9 Å². The lowest BCUT2D eigenvalue weighted by Crippen LogP contribution is -2.19. The second-order valence-electron chi connectivity index (χ2n) is 4.30. The van der Waals surface area contributed by atoms with Crippen molar-refractivity contribution >= 4 is 0 Å². The Kier molecular flexibility index (Phi) is 6.25. The van der Waals surface area contributed by atoms with Crippen molar-refractivity contribution in [1.82, 2.24) is 15.3 Å². The Hall–Kier alpha value is -1.42. The zero-order valence-electron chi connectivity index (χ0n) is 10.6. The minimum atomic E-state index is 0.609. The van der Waals surface area contributed by atoms with E-state index in [0.29, 0.717) is 18.4 Å². The summed E-state index contributed by atoms with van der Waals surface area (Å²) in [6, 6.07) is 0. The fraction of sp³-hybridized carbons (Fsp3) is 0.538. The first-order chi connectivity index (χ1) is 8.24. The van der Waals surface area contributed by atoms with Gasteiger partial charge in [0.15, 0.2) is 0 Å². The van der Waals surface area contributed by atoms with Crippen molar-refractivity contribution < 1.29 is 4.74 Å². The maximum atomic E-state index is 5.57. The van der Waals surface area contributed by atoms with Gasteiger partial charge >= 0.3 is 0 Å². The van der Waals surface area contributed by atoms with Crippen molar-refractivity contribution in [3.05, 3.63) is 30.7 Å². The molecule has 1 aromatic heterocycles. The lowest BCUT2D eigenvalue weighted by molar-refractivity contribution is 0.306. The van der Waals surface area contributed by atoms with Gasteiger partial charge in [0.1, 0.15) is 6.33 Å². The molecular formula is C13H21N3O. The SMILES string of the molecule is C=CCCOc1ncncc1CNCC(C)C. The molecule has 0 fully saturated rings. The number of aromatic nitrogens is 2. The second-order valence-corrected chi connectivity index (χ2v) is 4.30. The predicted molar refractivity (Wildman–Crippen MR) is 68.9 cm³/mol. The molecule has 0 saturated carbocycles. The van der Waals surface area contributed by atoms with Gasteiger partial charge in [-0.05, 0) is 18.9 Å². The molecule has 1 heterocycles. The van der Waals surface area contributed by atoms with E-state index in [0.717, 1.165) is 25.1 Å². The van der Waals surface area contributed by atoms with Crippen LogP contribution < -0.4 is 10.1 Å². The summed E-state index contributed by atoms with van der Waals surface area (Å²) in [7, 11) is 0. The number of nitrogens with zero attached hydrogens (tertiary/aromatic N) is 2. The van der Waals surface area contributed by atoms with Crippen LogP contribution in [0, 0.1) is 5.92 Å². The lowest BCUT2D eigenvalue weighted by atomic mass is 10.2. The van der Waals surface area contributed by atoms with Gasteiger partial charge in [-0.3, -0.25) is 0 Å². The van der Waals surface area contributed by atoms with Crippen LogP contribution in [0.25, 0.3) is 0 Å². The molecule has 4 heteroatoms. The topological polar surface area (TPSA) is 47.0 Å². The first-order valence-corrected chi connectivity index (χ1v) is 5.97. The van der Waals surface area contributed by atoms with Crippen LogP contribution in [-0.2, 0) is 6.54 Å². The Balaban J connectivity index is 2.48. The first-order valence-electron chi connectivity index (χ1n) is 5.97. The number of nitrogens with one attached hydrogen (secondary N) is 1. The summed E-state index contributed by atoms with van der Waals surface area (Å²) in [5.74, 6) is 1.29. The van der Waals surface area contributed by atoms with Gasteiger partial charge in [0.05, 0.1) is 6.61 Å². The third kappa shape index (κ3) is 5.45. The van der Waals surface area contributed by atoms with Crippen LogP contribution in [0.2, 0.25) is 0 Å². The van der Waals surface area contributed by atoms with Crippen LogP contribution >= 0.6 is 0 Å². The summed E-state index contributed by atoms with van der Waals surface area (Å²) in [6.07, 6.45) is 5.96. The highest BCUT2D eigenvalue weighted by Crippen LogP contribution is 2.12. The van der Waals surface area contributed by atoms with E-state index in [2.05, 4.69) is 35.7 Å². The van der Waals surface area contributed by atoms with Crippen LogP contribution in [0.3, 0.4) is 0 Å². The van der Waals surface area contributed by atoms with Crippen molar-refractivity contribution in [2.45, 2.75) is 26.8 Å². The molecule has 0 unspecified atom stereocenters. The zero-order chi connectivity index (χ0) is 12.5. The molecule has 0 spiro atoms. The molecule has 0 atom stereocenters. The van der Waals surface area contributed by atoms with Crippen LogP contribution in [0.5, 0.6) is 5.88 Å². The molecular weight excluding hydrogens is 214 g/mol. The zero-order valence-corrected chi connectivity index (χ0v) is 10.6. The standard InChI is InChI=1S/C13H21N3O/c1-4-5-6-17-13-12(9-15-10-16-13)8-14-7-11(2)3/h4,9-11,14H,1,5-8H2,2-3H3. The maximum Gasteiger partial charge on any atom is 0.220 e. The Morgan fingerprint density at radius 3 is 3.06 bits per heavy atom. The molecule has 1 aromatic rings. The van der Waals surface area contributed by atoms with Crippen molar-refractivity contribution in [3.63, 3.8) is 0 Å². The summed E-state index contributed by atoms with van der Waals surface area (Å²) in [5, 5.41) is 3.35. The van der Waals surface area contributed by atoms with Gasteiger partial charge in [0.2, 0.25) is 5.88 Å². The highest BCUT2D eigenvalue weighted by molar-refractivity contribution is 5.21. The van der Waals surface area contributed by atoms with Crippen LogP contribution in [0.1, 0.15) is 25.8 Å². The third-order valence-electron chi connectivity index (χ3n) is 2.18. The monoisotopic (exact) mass is 235 g/mol. The number of rotatable bonds is 8. The van der Waals surface area contributed by atoms with E-state index in [1.54, 1.807) is 6.20 Å². The molecule has 0 amide bonds. The fourth-order valence-electron chi connectivity index (χ4n) is 1.33. The van der Waals surface area contributed by atoms with E-state index in [-0.39, 0.29) is 0 Å². The molecule has 0 aliphatic rings. The molecule has 94 valence electrons. The van der Waals surface area contributed by atoms with Crippen LogP contribution in [0.15, 0.2) is 25.2 Å². The molecule has 0 bridgehead atoms. The Morgan fingerprint density at radius 2 is 2.35 bits per heavy atom. The van der Waals surface area contributed by atoms with Gasteiger partial charge in [-0.2, -0.15) is 0 Å². The normalized spacial score (nSPS) is 10.5. The molecule has 4 nitrogen and oxygen atoms in total. The van der Waals surface area contributed by atoms with Crippen LogP contribution in [-0.4, -0.2) is 23.1 Å². The summed E-state index contributed by atoms with van der Waals surface area (Å²) >= 11 is 0. The molecule has 1 N–H and O–H groups in total. The number of hydrogen-bond acceptors (Lipinski definition) is 4. The van der Waals surface area contributed by atoms with Crippen molar-refractivity contribution in [3.8, 4) is 5.88 Å². The maximum absolute atomic E-state index is 5.57. The molecule has 0 radical (unpaired) electrons. The average molecular weight is 235 g/mol. The summed E-state index contributed by atoms with van der Waals surface area (Å²) in [5.41, 5.74) is 0.997. The van der Waals surface area contributed by atoms with Crippen molar-refractivity contribution in [2.75, 3.05) is 13.2 Å². The van der Waals surface area contributed by atoms with Gasteiger partial charge in [-0.25, -0.2) is 9.97 Å². The van der Waals surface area contributed by atoms with Gasteiger partial charge in [0, 0.05) is 18.3 Å². The summed E-state index contributed by atoms with van der Waals surface area (Å²) in [4.78, 5) is 8.16. The van der Waals surface area contributed by atoms with E-state index in [9.17, 15) is 0 Å². The largest absolute Gasteiger partial charge is 0.477 e. The highest BCUT2D eigenvalue weighted by atomic mass is 16.5. The van der Waals surface area contributed by atoms with Crippen molar-refractivity contribution in [1.29, 1.82) is 0 Å². The average Bonchev–Trinajstić information content (AvgIpc) is 2.31. The van der Waals surface area contributed by atoms with E-state index in [1.807, 2.05) is 6.08 Å². The quantitative estimate of drug-likeness (QED) is 0.554. The van der Waals surface area contributed by atoms with Gasteiger partial charge in [0.25, 0.3) is 0 Å². The summed E-state index contributed by atoms with van der Waals surface area (Å²) < 4.78 is 5.57. The number of hydrogen-bond donors (Lipinski definition) is 1. The molecule has 1 rings (SSSR count). The molecule has 0 aromatic carbocycles.